The fourth-order valence-corrected chi connectivity index (χ4v) is 2.29. The van der Waals surface area contributed by atoms with Crippen LogP contribution < -0.4 is 10.5 Å². The molecule has 2 N–H and O–H groups in total. The molecule has 1 aliphatic carbocycles. The molecule has 6 heteroatoms. The SMILES string of the molecule is COC(=O)c1cc(N)cc(Cl)c1OCCN(C)C1CC1. The monoisotopic (exact) mass is 298 g/mol. The lowest BCUT2D eigenvalue weighted by Crippen LogP contribution is -2.26. The Labute approximate surface area is 123 Å². The van der Waals surface area contributed by atoms with Crippen LogP contribution in [0.15, 0.2) is 12.1 Å². The van der Waals surface area contributed by atoms with E-state index in [0.29, 0.717) is 29.1 Å². The third kappa shape index (κ3) is 3.55. The van der Waals surface area contributed by atoms with E-state index < -0.39 is 5.97 Å². The van der Waals surface area contributed by atoms with Crippen molar-refractivity contribution < 1.29 is 14.3 Å². The largest absolute Gasteiger partial charge is 0.490 e. The number of carbonyl (C=O) groups is 1. The van der Waals surface area contributed by atoms with Crippen LogP contribution in [0.5, 0.6) is 5.75 Å². The van der Waals surface area contributed by atoms with E-state index in [1.807, 2.05) is 0 Å². The number of hydrogen-bond donors (Lipinski definition) is 1. The maximum atomic E-state index is 11.7. The van der Waals surface area contributed by atoms with Crippen molar-refractivity contribution in [1.82, 2.24) is 4.90 Å². The Balaban J connectivity index is 2.06. The van der Waals surface area contributed by atoms with Gasteiger partial charge < -0.3 is 20.1 Å². The Morgan fingerprint density at radius 1 is 1.50 bits per heavy atom. The molecule has 0 radical (unpaired) electrons. The summed E-state index contributed by atoms with van der Waals surface area (Å²) in [5.74, 6) is -0.179. The summed E-state index contributed by atoms with van der Waals surface area (Å²) in [7, 11) is 3.37. The number of benzene rings is 1. The topological polar surface area (TPSA) is 64.8 Å². The highest BCUT2D eigenvalue weighted by molar-refractivity contribution is 6.33. The number of nitrogen functional groups attached to an aromatic ring is 1. The van der Waals surface area contributed by atoms with E-state index in [-0.39, 0.29) is 5.56 Å². The smallest absolute Gasteiger partial charge is 0.341 e. The van der Waals surface area contributed by atoms with Crippen LogP contribution in [0.2, 0.25) is 5.02 Å². The van der Waals surface area contributed by atoms with E-state index in [1.54, 1.807) is 6.07 Å². The van der Waals surface area contributed by atoms with Gasteiger partial charge in [0.25, 0.3) is 0 Å². The molecule has 110 valence electrons. The van der Waals surface area contributed by atoms with Crippen molar-refractivity contribution in [3.05, 3.63) is 22.7 Å². The predicted octanol–water partition coefficient (Wildman–Crippen LogP) is 2.18. The molecule has 1 saturated carbocycles. The number of nitrogens with zero attached hydrogens (tertiary/aromatic N) is 1. The Bertz CT molecular complexity index is 503. The molecule has 0 aromatic heterocycles. The van der Waals surface area contributed by atoms with Gasteiger partial charge in [-0.1, -0.05) is 11.6 Å². The summed E-state index contributed by atoms with van der Waals surface area (Å²) in [4.78, 5) is 14.0. The Hall–Kier alpha value is -1.46. The molecule has 20 heavy (non-hydrogen) atoms. The molecule has 1 aromatic rings. The molecule has 0 amide bonds. The minimum absolute atomic E-state index is 0.256. The average Bonchev–Trinajstić information content (AvgIpc) is 3.24. The number of halogens is 1. The van der Waals surface area contributed by atoms with Gasteiger partial charge in [-0.15, -0.1) is 0 Å². The number of nitrogens with two attached hydrogens (primary N) is 1. The highest BCUT2D eigenvalue weighted by Gasteiger charge is 2.26. The summed E-state index contributed by atoms with van der Waals surface area (Å²) < 4.78 is 10.4. The van der Waals surface area contributed by atoms with Crippen molar-refractivity contribution >= 4 is 23.3 Å². The van der Waals surface area contributed by atoms with Crippen LogP contribution in [0.1, 0.15) is 23.2 Å². The lowest BCUT2D eigenvalue weighted by Gasteiger charge is -2.17. The quantitative estimate of drug-likeness (QED) is 0.644. The second-order valence-corrected chi connectivity index (χ2v) is 5.34. The van der Waals surface area contributed by atoms with Crippen molar-refractivity contribution in [2.75, 3.05) is 33.0 Å². The molecule has 1 aliphatic rings. The summed E-state index contributed by atoms with van der Waals surface area (Å²) >= 11 is 6.10. The number of rotatable bonds is 6. The summed E-state index contributed by atoms with van der Waals surface area (Å²) in [5, 5.41) is 0.319. The molecule has 1 aromatic carbocycles. The van der Waals surface area contributed by atoms with E-state index in [0.717, 1.165) is 6.54 Å². The highest BCUT2D eigenvalue weighted by Crippen LogP contribution is 2.32. The van der Waals surface area contributed by atoms with E-state index in [1.165, 1.54) is 26.0 Å². The number of anilines is 1. The van der Waals surface area contributed by atoms with Gasteiger partial charge in [0.1, 0.15) is 12.2 Å². The van der Waals surface area contributed by atoms with Crippen molar-refractivity contribution in [3.63, 3.8) is 0 Å². The molecule has 0 heterocycles. The first-order valence-electron chi connectivity index (χ1n) is 6.53. The van der Waals surface area contributed by atoms with Gasteiger partial charge in [-0.3, -0.25) is 0 Å². The molecule has 2 rings (SSSR count). The Kier molecular flexibility index (Phi) is 4.73. The first kappa shape index (κ1) is 14.9. The first-order chi connectivity index (χ1) is 9.52. The molecule has 5 nitrogen and oxygen atoms in total. The van der Waals surface area contributed by atoms with Gasteiger partial charge in [-0.2, -0.15) is 0 Å². The second kappa shape index (κ2) is 6.33. The number of likely N-dealkylation sites (N-methyl/N-ethyl adjacent to an activating group) is 1. The predicted molar refractivity (Wildman–Crippen MR) is 78.4 cm³/mol. The lowest BCUT2D eigenvalue weighted by molar-refractivity contribution is 0.0595. The van der Waals surface area contributed by atoms with Gasteiger partial charge in [0, 0.05) is 18.3 Å². The molecule has 0 bridgehead atoms. The molecule has 0 atom stereocenters. The summed E-state index contributed by atoms with van der Waals surface area (Å²) in [6.45, 7) is 1.24. The number of methoxy groups -OCH3 is 1. The van der Waals surface area contributed by atoms with Crippen LogP contribution in [0.3, 0.4) is 0 Å². The van der Waals surface area contributed by atoms with Gasteiger partial charge >= 0.3 is 5.97 Å². The normalized spacial score (nSPS) is 14.4. The first-order valence-corrected chi connectivity index (χ1v) is 6.91. The second-order valence-electron chi connectivity index (χ2n) is 4.93. The van der Waals surface area contributed by atoms with Gasteiger partial charge in [-0.05, 0) is 32.0 Å². The maximum Gasteiger partial charge on any atom is 0.341 e. The number of ether oxygens (including phenoxy) is 2. The van der Waals surface area contributed by atoms with Gasteiger partial charge in [0.15, 0.2) is 5.75 Å². The Morgan fingerprint density at radius 2 is 2.20 bits per heavy atom. The fraction of sp³-hybridized carbons (Fsp3) is 0.500. The number of hydrogen-bond acceptors (Lipinski definition) is 5. The van der Waals surface area contributed by atoms with Crippen LogP contribution in [-0.2, 0) is 4.74 Å². The van der Waals surface area contributed by atoms with E-state index in [9.17, 15) is 4.79 Å². The van der Waals surface area contributed by atoms with Gasteiger partial charge in [0.2, 0.25) is 0 Å². The summed E-state index contributed by atoms with van der Waals surface area (Å²) in [5.41, 5.74) is 6.35. The van der Waals surface area contributed by atoms with Crippen LogP contribution in [0, 0.1) is 0 Å². The van der Waals surface area contributed by atoms with Crippen molar-refractivity contribution in [3.8, 4) is 5.75 Å². The molecule has 1 fully saturated rings. The number of esters is 1. The molecule has 0 saturated heterocycles. The zero-order valence-corrected chi connectivity index (χ0v) is 12.4. The fourth-order valence-electron chi connectivity index (χ4n) is 2.01. The van der Waals surface area contributed by atoms with Crippen LogP contribution in [0.25, 0.3) is 0 Å². The molecule has 0 unspecified atom stereocenters. The zero-order chi connectivity index (χ0) is 14.7. The van der Waals surface area contributed by atoms with E-state index >= 15 is 0 Å². The minimum Gasteiger partial charge on any atom is -0.490 e. The van der Waals surface area contributed by atoms with Crippen LogP contribution >= 0.6 is 11.6 Å². The van der Waals surface area contributed by atoms with Crippen LogP contribution in [0.4, 0.5) is 5.69 Å². The van der Waals surface area contributed by atoms with Gasteiger partial charge in [0.05, 0.1) is 12.1 Å². The molecular weight excluding hydrogens is 280 g/mol. The molecule has 0 spiro atoms. The van der Waals surface area contributed by atoms with Crippen molar-refractivity contribution in [1.29, 1.82) is 0 Å². The maximum absolute atomic E-state index is 11.7. The molecular formula is C14H19ClN2O3. The molecule has 0 aliphatic heterocycles. The lowest BCUT2D eigenvalue weighted by atomic mass is 10.2. The minimum atomic E-state index is -0.509. The summed E-state index contributed by atoms with van der Waals surface area (Å²) in [6.07, 6.45) is 2.49. The Morgan fingerprint density at radius 3 is 2.80 bits per heavy atom. The van der Waals surface area contributed by atoms with Crippen molar-refractivity contribution in [2.45, 2.75) is 18.9 Å². The number of carbonyl (C=O) groups excluding carboxylic acids is 1. The van der Waals surface area contributed by atoms with Gasteiger partial charge in [-0.25, -0.2) is 4.79 Å². The zero-order valence-electron chi connectivity index (χ0n) is 11.7. The van der Waals surface area contributed by atoms with Crippen molar-refractivity contribution in [2.24, 2.45) is 0 Å². The average molecular weight is 299 g/mol. The third-order valence-electron chi connectivity index (χ3n) is 3.33. The standard InChI is InChI=1S/C14H19ClN2O3/c1-17(10-3-4-10)5-6-20-13-11(14(18)19-2)7-9(16)8-12(13)15/h7-8,10H,3-6,16H2,1-2H3. The van der Waals surface area contributed by atoms with E-state index in [2.05, 4.69) is 11.9 Å². The van der Waals surface area contributed by atoms with Crippen LogP contribution in [-0.4, -0.2) is 44.2 Å². The highest BCUT2D eigenvalue weighted by atomic mass is 35.5. The summed E-state index contributed by atoms with van der Waals surface area (Å²) in [6, 6.07) is 3.74. The van der Waals surface area contributed by atoms with E-state index in [4.69, 9.17) is 26.8 Å². The third-order valence-corrected chi connectivity index (χ3v) is 3.61.